The minimum absolute atomic E-state index is 0.317. The monoisotopic (exact) mass is 360 g/mol. The van der Waals surface area contributed by atoms with Gasteiger partial charge < -0.3 is 4.74 Å². The molecule has 0 unspecified atom stereocenters. The van der Waals surface area contributed by atoms with Crippen molar-refractivity contribution in [3.63, 3.8) is 0 Å². The Bertz CT molecular complexity index is 975. The van der Waals surface area contributed by atoms with E-state index in [1.165, 1.54) is 0 Å². The summed E-state index contributed by atoms with van der Waals surface area (Å²) in [5.74, 6) is 0.322. The van der Waals surface area contributed by atoms with Gasteiger partial charge in [-0.1, -0.05) is 48.5 Å². The van der Waals surface area contributed by atoms with Crippen LogP contribution in [0.3, 0.4) is 0 Å². The first-order valence-corrected chi connectivity index (χ1v) is 8.43. The number of ether oxygens (including phenoxy) is 1. The predicted octanol–water partition coefficient (Wildman–Crippen LogP) is 3.90. The number of nitrogens with zero attached hydrogens (tertiary/aromatic N) is 2. The molecule has 2 aromatic carbocycles. The summed E-state index contributed by atoms with van der Waals surface area (Å²) >= 11 is 0. The summed E-state index contributed by atoms with van der Waals surface area (Å²) in [4.78, 5) is 12.2. The second kappa shape index (κ2) is 8.62. The van der Waals surface area contributed by atoms with Crippen LogP contribution in [-0.4, -0.2) is 29.4 Å². The molecule has 0 saturated carbocycles. The minimum atomic E-state index is -0.368. The van der Waals surface area contributed by atoms with E-state index in [4.69, 9.17) is 4.74 Å². The summed E-state index contributed by atoms with van der Waals surface area (Å²) in [6.07, 6.45) is 3.58. The van der Waals surface area contributed by atoms with Gasteiger partial charge >= 0.3 is 0 Å². The van der Waals surface area contributed by atoms with Gasteiger partial charge in [0.2, 0.25) is 0 Å². The highest BCUT2D eigenvalue weighted by Crippen LogP contribution is 2.28. The van der Waals surface area contributed by atoms with Crippen LogP contribution in [0.2, 0.25) is 0 Å². The average Bonchev–Trinajstić information content (AvgIpc) is 3.19. The van der Waals surface area contributed by atoms with Crippen LogP contribution in [0.4, 0.5) is 0 Å². The molecule has 3 aromatic rings. The zero-order valence-corrected chi connectivity index (χ0v) is 15.1. The topological polar surface area (TPSA) is 79.4 Å². The number of aromatic amines is 1. The van der Waals surface area contributed by atoms with Crippen molar-refractivity contribution in [2.45, 2.75) is 6.92 Å². The number of benzene rings is 2. The quantitative estimate of drug-likeness (QED) is 0.517. The van der Waals surface area contributed by atoms with Gasteiger partial charge in [-0.3, -0.25) is 9.89 Å². The lowest BCUT2D eigenvalue weighted by molar-refractivity contribution is 0.0950. The van der Waals surface area contributed by atoms with E-state index in [2.05, 4.69) is 20.7 Å². The summed E-state index contributed by atoms with van der Waals surface area (Å²) in [6.45, 7) is 1.92. The first-order chi connectivity index (χ1) is 13.2. The van der Waals surface area contributed by atoms with Crippen molar-refractivity contribution in [3.05, 3.63) is 77.5 Å². The first-order valence-electron chi connectivity index (χ1n) is 8.43. The number of methoxy groups -OCH3 is 1. The lowest BCUT2D eigenvalue weighted by atomic mass is 10.1. The van der Waals surface area contributed by atoms with E-state index in [0.717, 1.165) is 16.7 Å². The molecule has 136 valence electrons. The van der Waals surface area contributed by atoms with Crippen molar-refractivity contribution in [1.29, 1.82) is 0 Å². The number of hydrazone groups is 1. The number of carbonyl (C=O) groups is 1. The van der Waals surface area contributed by atoms with Crippen LogP contribution in [0.15, 0.2) is 71.3 Å². The fraction of sp³-hybridized carbons (Fsp3) is 0.0952. The van der Waals surface area contributed by atoms with Crippen LogP contribution in [0.25, 0.3) is 17.3 Å². The summed E-state index contributed by atoms with van der Waals surface area (Å²) in [7, 11) is 1.60. The van der Waals surface area contributed by atoms with Crippen LogP contribution in [-0.2, 0) is 0 Å². The molecule has 1 heterocycles. The second-order valence-electron chi connectivity index (χ2n) is 5.87. The van der Waals surface area contributed by atoms with Gasteiger partial charge in [0, 0.05) is 5.56 Å². The molecule has 0 aliphatic heterocycles. The van der Waals surface area contributed by atoms with Crippen molar-refractivity contribution in [3.8, 4) is 17.0 Å². The number of rotatable bonds is 6. The van der Waals surface area contributed by atoms with Crippen LogP contribution in [0, 0.1) is 0 Å². The molecule has 1 aromatic heterocycles. The van der Waals surface area contributed by atoms with Gasteiger partial charge in [0.25, 0.3) is 5.91 Å². The summed E-state index contributed by atoms with van der Waals surface area (Å²) < 4.78 is 5.33. The third-order valence-corrected chi connectivity index (χ3v) is 3.83. The van der Waals surface area contributed by atoms with Gasteiger partial charge in [-0.2, -0.15) is 10.2 Å². The van der Waals surface area contributed by atoms with Crippen molar-refractivity contribution in [2.75, 3.05) is 7.11 Å². The Morgan fingerprint density at radius 3 is 2.67 bits per heavy atom. The van der Waals surface area contributed by atoms with Gasteiger partial charge in [0.15, 0.2) is 0 Å². The Labute approximate surface area is 157 Å². The van der Waals surface area contributed by atoms with E-state index in [9.17, 15) is 4.79 Å². The zero-order chi connectivity index (χ0) is 19.1. The van der Waals surface area contributed by atoms with Gasteiger partial charge in [-0.25, -0.2) is 5.43 Å². The van der Waals surface area contributed by atoms with E-state index < -0.39 is 0 Å². The Morgan fingerprint density at radius 2 is 1.89 bits per heavy atom. The fourth-order valence-electron chi connectivity index (χ4n) is 2.53. The molecule has 0 fully saturated rings. The minimum Gasteiger partial charge on any atom is -0.496 e. The van der Waals surface area contributed by atoms with Gasteiger partial charge in [-0.05, 0) is 36.3 Å². The Balaban J connectivity index is 1.65. The first kappa shape index (κ1) is 18.1. The molecule has 3 rings (SSSR count). The lowest BCUT2D eigenvalue weighted by Gasteiger charge is -2.04. The fourth-order valence-corrected chi connectivity index (χ4v) is 2.53. The number of amides is 1. The number of aromatic nitrogens is 2. The molecule has 0 radical (unpaired) electrons. The highest BCUT2D eigenvalue weighted by molar-refractivity contribution is 5.94. The maximum atomic E-state index is 12.2. The Kier molecular flexibility index (Phi) is 5.79. The molecule has 2 N–H and O–H groups in total. The van der Waals surface area contributed by atoms with E-state index in [-0.39, 0.29) is 5.91 Å². The molecule has 6 nitrogen and oxygen atoms in total. The maximum absolute atomic E-state index is 12.2. The van der Waals surface area contributed by atoms with Gasteiger partial charge in [0.1, 0.15) is 11.4 Å². The Hall–Kier alpha value is -3.67. The molecule has 0 spiro atoms. The predicted molar refractivity (Wildman–Crippen MR) is 107 cm³/mol. The third kappa shape index (κ3) is 4.70. The van der Waals surface area contributed by atoms with Crippen molar-refractivity contribution < 1.29 is 9.53 Å². The van der Waals surface area contributed by atoms with Crippen LogP contribution in [0.1, 0.15) is 23.0 Å². The standard InChI is InChI=1S/C21H20N4O2/c1-15(12-16-8-4-3-5-9-16)14-22-25-21(26)19-13-18(23-24-19)17-10-6-7-11-20(17)27-2/h3-14H,1-2H3,(H,23,24)(H,25,26)/b15-12+,22-14+. The number of nitrogens with one attached hydrogen (secondary N) is 2. The highest BCUT2D eigenvalue weighted by Gasteiger charge is 2.13. The molecule has 0 saturated heterocycles. The number of allylic oxidation sites excluding steroid dienone is 1. The number of H-pyrrole nitrogens is 1. The normalized spacial score (nSPS) is 11.6. The molecule has 27 heavy (non-hydrogen) atoms. The van der Waals surface area contributed by atoms with Crippen molar-refractivity contribution >= 4 is 18.2 Å². The zero-order valence-electron chi connectivity index (χ0n) is 15.1. The van der Waals surface area contributed by atoms with Gasteiger partial charge in [-0.15, -0.1) is 0 Å². The molecule has 0 aliphatic carbocycles. The molecule has 1 amide bonds. The van der Waals surface area contributed by atoms with Crippen LogP contribution < -0.4 is 10.2 Å². The van der Waals surface area contributed by atoms with E-state index in [1.54, 1.807) is 19.4 Å². The van der Waals surface area contributed by atoms with E-state index >= 15 is 0 Å². The number of carbonyl (C=O) groups excluding carboxylic acids is 1. The number of para-hydroxylation sites is 1. The molecule has 0 aliphatic rings. The van der Waals surface area contributed by atoms with Crippen LogP contribution >= 0.6 is 0 Å². The molecule has 0 atom stereocenters. The van der Waals surface area contributed by atoms with E-state index in [1.807, 2.05) is 67.6 Å². The second-order valence-corrected chi connectivity index (χ2v) is 5.87. The van der Waals surface area contributed by atoms with Crippen LogP contribution in [0.5, 0.6) is 5.75 Å². The molecular formula is C21H20N4O2. The largest absolute Gasteiger partial charge is 0.496 e. The van der Waals surface area contributed by atoms with Crippen molar-refractivity contribution in [1.82, 2.24) is 15.6 Å². The lowest BCUT2D eigenvalue weighted by Crippen LogP contribution is -2.17. The number of hydrogen-bond acceptors (Lipinski definition) is 4. The summed E-state index contributed by atoms with van der Waals surface area (Å²) in [6, 6.07) is 19.1. The Morgan fingerprint density at radius 1 is 1.15 bits per heavy atom. The van der Waals surface area contributed by atoms with E-state index in [0.29, 0.717) is 17.1 Å². The highest BCUT2D eigenvalue weighted by atomic mass is 16.5. The average molecular weight is 360 g/mol. The smallest absolute Gasteiger partial charge is 0.289 e. The SMILES string of the molecule is COc1ccccc1-c1cc(C(=O)N/N=C/C(C)=C/c2ccccc2)[nH]n1. The molecular weight excluding hydrogens is 340 g/mol. The maximum Gasteiger partial charge on any atom is 0.289 e. The molecule has 6 heteroatoms. The van der Waals surface area contributed by atoms with Gasteiger partial charge in [0.05, 0.1) is 19.0 Å². The summed E-state index contributed by atoms with van der Waals surface area (Å²) in [5.41, 5.74) is 6.24. The third-order valence-electron chi connectivity index (χ3n) is 3.83. The van der Waals surface area contributed by atoms with Crippen molar-refractivity contribution in [2.24, 2.45) is 5.10 Å². The number of hydrogen-bond donors (Lipinski definition) is 2. The molecule has 0 bridgehead atoms. The summed E-state index contributed by atoms with van der Waals surface area (Å²) in [5, 5.41) is 10.9.